The van der Waals surface area contributed by atoms with E-state index < -0.39 is 0 Å². The number of alkyl halides is 1. The Morgan fingerprint density at radius 3 is 3.08 bits per heavy atom. The molecule has 2 aromatic rings. The van der Waals surface area contributed by atoms with Gasteiger partial charge in [0.25, 0.3) is 0 Å². The van der Waals surface area contributed by atoms with Gasteiger partial charge in [-0.05, 0) is 0 Å². The molecular formula is C8H8BrN3O. The molecule has 0 saturated heterocycles. The molecule has 2 rings (SSSR count). The molecule has 0 fully saturated rings. The topological polar surface area (TPSA) is 43.9 Å². The molecule has 13 heavy (non-hydrogen) atoms. The van der Waals surface area contributed by atoms with Crippen molar-refractivity contribution in [2.75, 3.05) is 0 Å². The van der Waals surface area contributed by atoms with Crippen molar-refractivity contribution in [3.63, 3.8) is 0 Å². The van der Waals surface area contributed by atoms with Crippen LogP contribution in [0.1, 0.15) is 5.69 Å². The van der Waals surface area contributed by atoms with E-state index in [1.54, 1.807) is 10.9 Å². The Morgan fingerprint density at radius 1 is 1.62 bits per heavy atom. The largest absolute Gasteiger partial charge is 0.443 e. The van der Waals surface area contributed by atoms with Gasteiger partial charge in [-0.1, -0.05) is 15.9 Å². The molecule has 0 radical (unpaired) electrons. The van der Waals surface area contributed by atoms with Gasteiger partial charge in [-0.3, -0.25) is 4.68 Å². The molecule has 2 aromatic heterocycles. The number of hydrogen-bond acceptors (Lipinski definition) is 3. The van der Waals surface area contributed by atoms with E-state index >= 15 is 0 Å². The summed E-state index contributed by atoms with van der Waals surface area (Å²) in [7, 11) is 1.87. The van der Waals surface area contributed by atoms with E-state index in [1.807, 2.05) is 13.2 Å². The molecular weight excluding hydrogens is 234 g/mol. The monoisotopic (exact) mass is 241 g/mol. The highest BCUT2D eigenvalue weighted by atomic mass is 79.9. The van der Waals surface area contributed by atoms with Gasteiger partial charge in [-0.15, -0.1) is 0 Å². The number of halogens is 1. The number of aryl methyl sites for hydroxylation is 1. The van der Waals surface area contributed by atoms with Crippen LogP contribution in [0.3, 0.4) is 0 Å². The van der Waals surface area contributed by atoms with Gasteiger partial charge in [0, 0.05) is 18.6 Å². The molecule has 0 atom stereocenters. The zero-order chi connectivity index (χ0) is 9.26. The highest BCUT2D eigenvalue weighted by Crippen LogP contribution is 2.23. The zero-order valence-corrected chi connectivity index (χ0v) is 8.65. The van der Waals surface area contributed by atoms with Crippen LogP contribution >= 0.6 is 15.9 Å². The lowest BCUT2D eigenvalue weighted by atomic mass is 10.2. The second-order valence-corrected chi connectivity index (χ2v) is 3.23. The Labute approximate surface area is 83.7 Å². The fraction of sp³-hybridized carbons (Fsp3) is 0.250. The second-order valence-electron chi connectivity index (χ2n) is 2.66. The molecule has 0 aliphatic carbocycles. The van der Waals surface area contributed by atoms with Crippen molar-refractivity contribution < 1.29 is 4.42 Å². The van der Waals surface area contributed by atoms with Crippen LogP contribution in [0.4, 0.5) is 0 Å². The van der Waals surface area contributed by atoms with Crippen molar-refractivity contribution in [3.8, 4) is 11.3 Å². The van der Waals surface area contributed by atoms with Crippen LogP contribution in [0.2, 0.25) is 0 Å². The lowest BCUT2D eigenvalue weighted by Gasteiger charge is -1.91. The summed E-state index contributed by atoms with van der Waals surface area (Å²) in [5.41, 5.74) is 1.85. The number of nitrogens with zero attached hydrogens (tertiary/aromatic N) is 3. The Kier molecular flexibility index (Phi) is 2.18. The molecule has 0 saturated carbocycles. The van der Waals surface area contributed by atoms with E-state index in [-0.39, 0.29) is 0 Å². The molecule has 0 unspecified atom stereocenters. The number of hydrogen-bond donors (Lipinski definition) is 0. The summed E-state index contributed by atoms with van der Waals surface area (Å²) in [5, 5.41) is 4.75. The minimum Gasteiger partial charge on any atom is -0.443 e. The quantitative estimate of drug-likeness (QED) is 0.756. The molecule has 4 nitrogen and oxygen atoms in total. The smallest absolute Gasteiger partial charge is 0.181 e. The van der Waals surface area contributed by atoms with Gasteiger partial charge in [0.2, 0.25) is 0 Å². The first-order chi connectivity index (χ1) is 6.31. The first kappa shape index (κ1) is 8.50. The summed E-state index contributed by atoms with van der Waals surface area (Å²) in [4.78, 5) is 4.07. The van der Waals surface area contributed by atoms with Gasteiger partial charge in [0.05, 0.1) is 17.5 Å². The maximum absolute atomic E-state index is 5.26. The fourth-order valence-corrected chi connectivity index (χ4v) is 1.54. The third-order valence-electron chi connectivity index (χ3n) is 1.73. The minimum absolute atomic E-state index is 0.688. The van der Waals surface area contributed by atoms with Gasteiger partial charge in [0.15, 0.2) is 12.2 Å². The number of oxazole rings is 1. The van der Waals surface area contributed by atoms with E-state index in [2.05, 4.69) is 26.0 Å². The standard InChI is InChI=1S/C8H8BrN3O/c1-12-4-6(3-11-12)8-7(2-9)10-5-13-8/h3-5H,2H2,1H3. The third kappa shape index (κ3) is 1.51. The van der Waals surface area contributed by atoms with Crippen molar-refractivity contribution in [3.05, 3.63) is 24.5 Å². The molecule has 0 aromatic carbocycles. The second kappa shape index (κ2) is 3.33. The van der Waals surface area contributed by atoms with E-state index in [9.17, 15) is 0 Å². The molecule has 2 heterocycles. The molecule has 0 N–H and O–H groups in total. The molecule has 0 amide bonds. The summed E-state index contributed by atoms with van der Waals surface area (Å²) in [5.74, 6) is 0.782. The highest BCUT2D eigenvalue weighted by molar-refractivity contribution is 9.08. The van der Waals surface area contributed by atoms with Crippen molar-refractivity contribution in [2.45, 2.75) is 5.33 Å². The van der Waals surface area contributed by atoms with Gasteiger partial charge in [0.1, 0.15) is 0 Å². The van der Waals surface area contributed by atoms with E-state index in [0.29, 0.717) is 5.33 Å². The lowest BCUT2D eigenvalue weighted by molar-refractivity contribution is 0.571. The first-order valence-corrected chi connectivity index (χ1v) is 4.90. The Bertz CT molecular complexity index is 407. The van der Waals surface area contributed by atoms with E-state index in [0.717, 1.165) is 17.0 Å². The van der Waals surface area contributed by atoms with Crippen LogP contribution in [0.15, 0.2) is 23.2 Å². The van der Waals surface area contributed by atoms with E-state index in [4.69, 9.17) is 4.42 Å². The predicted molar refractivity (Wildman–Crippen MR) is 51.3 cm³/mol. The molecule has 0 bridgehead atoms. The maximum Gasteiger partial charge on any atom is 0.181 e. The summed E-state index contributed by atoms with van der Waals surface area (Å²) < 4.78 is 6.99. The van der Waals surface area contributed by atoms with Crippen molar-refractivity contribution >= 4 is 15.9 Å². The van der Waals surface area contributed by atoms with Gasteiger partial charge >= 0.3 is 0 Å². The zero-order valence-electron chi connectivity index (χ0n) is 7.07. The summed E-state index contributed by atoms with van der Waals surface area (Å²) in [6.07, 6.45) is 5.10. The van der Waals surface area contributed by atoms with E-state index in [1.165, 1.54) is 6.39 Å². The van der Waals surface area contributed by atoms with Gasteiger partial charge < -0.3 is 4.42 Å². The summed E-state index contributed by atoms with van der Waals surface area (Å²) >= 11 is 3.34. The van der Waals surface area contributed by atoms with Crippen LogP contribution in [0.25, 0.3) is 11.3 Å². The van der Waals surface area contributed by atoms with Crippen molar-refractivity contribution in [2.24, 2.45) is 7.05 Å². The first-order valence-electron chi connectivity index (χ1n) is 3.78. The number of aromatic nitrogens is 3. The Morgan fingerprint density at radius 2 is 2.46 bits per heavy atom. The van der Waals surface area contributed by atoms with Crippen LogP contribution in [0, 0.1) is 0 Å². The molecule has 0 aliphatic heterocycles. The van der Waals surface area contributed by atoms with Crippen LogP contribution < -0.4 is 0 Å². The summed E-state index contributed by atoms with van der Waals surface area (Å²) in [6, 6.07) is 0. The average Bonchev–Trinajstić information content (AvgIpc) is 2.71. The van der Waals surface area contributed by atoms with Crippen LogP contribution in [-0.2, 0) is 12.4 Å². The highest BCUT2D eigenvalue weighted by Gasteiger charge is 2.10. The van der Waals surface area contributed by atoms with Gasteiger partial charge in [-0.25, -0.2) is 4.98 Å². The van der Waals surface area contributed by atoms with Gasteiger partial charge in [-0.2, -0.15) is 5.10 Å². The van der Waals surface area contributed by atoms with Crippen LogP contribution in [0.5, 0.6) is 0 Å². The maximum atomic E-state index is 5.26. The number of rotatable bonds is 2. The molecule has 0 aliphatic rings. The fourth-order valence-electron chi connectivity index (χ4n) is 1.14. The molecule has 68 valence electrons. The normalized spacial score (nSPS) is 10.6. The van der Waals surface area contributed by atoms with Crippen molar-refractivity contribution in [1.82, 2.24) is 14.8 Å². The molecule has 5 heteroatoms. The SMILES string of the molecule is Cn1cc(-c2ocnc2CBr)cn1. The van der Waals surface area contributed by atoms with Crippen LogP contribution in [-0.4, -0.2) is 14.8 Å². The third-order valence-corrected chi connectivity index (χ3v) is 2.27. The summed E-state index contributed by atoms with van der Waals surface area (Å²) in [6.45, 7) is 0. The Hall–Kier alpha value is -1.10. The van der Waals surface area contributed by atoms with Crippen molar-refractivity contribution in [1.29, 1.82) is 0 Å². The lowest BCUT2D eigenvalue weighted by Crippen LogP contribution is -1.84. The minimum atomic E-state index is 0.688. The average molecular weight is 242 g/mol. The predicted octanol–water partition coefficient (Wildman–Crippen LogP) is 1.97. The Balaban J connectivity index is 2.45. The molecule has 0 spiro atoms.